The molecule has 0 aliphatic heterocycles. The van der Waals surface area contributed by atoms with Gasteiger partial charge in [-0.05, 0) is 31.5 Å². The van der Waals surface area contributed by atoms with Gasteiger partial charge in [0.2, 0.25) is 0 Å². The van der Waals surface area contributed by atoms with Gasteiger partial charge in [-0.25, -0.2) is 4.79 Å². The molecule has 0 saturated heterocycles. The molecule has 0 aliphatic carbocycles. The lowest BCUT2D eigenvalue weighted by molar-refractivity contribution is -0.146. The van der Waals surface area contributed by atoms with E-state index < -0.39 is 36.9 Å². The summed E-state index contributed by atoms with van der Waals surface area (Å²) in [4.78, 5) is 49.2. The number of carbonyl (C=O) groups is 4. The summed E-state index contributed by atoms with van der Waals surface area (Å²) in [7, 11) is 1.43. The maximum absolute atomic E-state index is 12.2. The van der Waals surface area contributed by atoms with Crippen LogP contribution in [0.15, 0.2) is 30.3 Å². The van der Waals surface area contributed by atoms with Gasteiger partial charge in [-0.1, -0.05) is 19.1 Å². The van der Waals surface area contributed by atoms with Gasteiger partial charge in [0.25, 0.3) is 11.8 Å². The molecule has 0 fully saturated rings. The van der Waals surface area contributed by atoms with Crippen LogP contribution in [0.1, 0.15) is 39.4 Å². The van der Waals surface area contributed by atoms with Crippen LogP contribution < -0.4 is 15.4 Å². The number of benzene rings is 1. The third-order valence-electron chi connectivity index (χ3n) is 3.99. The minimum absolute atomic E-state index is 0.210. The number of nitrogens with one attached hydrogen (secondary N) is 2. The summed E-state index contributed by atoms with van der Waals surface area (Å²) < 4.78 is 15.0. The van der Waals surface area contributed by atoms with Crippen LogP contribution in [0.5, 0.6) is 5.75 Å². The van der Waals surface area contributed by atoms with E-state index in [9.17, 15) is 19.2 Å². The van der Waals surface area contributed by atoms with Gasteiger partial charge in [0.15, 0.2) is 6.61 Å². The standard InChI is InChI=1S/C21H24N2O7S/c1-4-13-10-15(21(27)29-5-2)20(31-13)23-17(24)12-30-18(25)11-22-19(26)14-8-6-7-9-16(14)28-3/h6-10H,4-5,11-12H2,1-3H3,(H,22,26)(H,23,24). The van der Waals surface area contributed by atoms with E-state index in [0.29, 0.717) is 17.2 Å². The fraction of sp³-hybridized carbons (Fsp3) is 0.333. The number of amides is 2. The van der Waals surface area contributed by atoms with Crippen molar-refractivity contribution < 1.29 is 33.4 Å². The van der Waals surface area contributed by atoms with Crippen LogP contribution in [-0.2, 0) is 25.5 Å². The number of aryl methyl sites for hydroxylation is 1. The van der Waals surface area contributed by atoms with Crippen molar-refractivity contribution >= 4 is 40.1 Å². The Morgan fingerprint density at radius 3 is 2.45 bits per heavy atom. The van der Waals surface area contributed by atoms with Crippen LogP contribution >= 0.6 is 11.3 Å². The number of hydrogen-bond donors (Lipinski definition) is 2. The second-order valence-corrected chi connectivity index (χ2v) is 7.26. The van der Waals surface area contributed by atoms with Crippen LogP contribution in [-0.4, -0.2) is 50.6 Å². The van der Waals surface area contributed by atoms with Gasteiger partial charge < -0.3 is 24.8 Å². The number of rotatable bonds is 10. The van der Waals surface area contributed by atoms with Crippen LogP contribution in [0.4, 0.5) is 5.00 Å². The van der Waals surface area contributed by atoms with Gasteiger partial charge in [-0.2, -0.15) is 0 Å². The van der Waals surface area contributed by atoms with Crippen LogP contribution in [0.25, 0.3) is 0 Å². The Labute approximate surface area is 183 Å². The smallest absolute Gasteiger partial charge is 0.341 e. The first-order valence-electron chi connectivity index (χ1n) is 9.56. The molecule has 0 unspecified atom stereocenters. The average molecular weight is 448 g/mol. The number of anilines is 1. The number of methoxy groups -OCH3 is 1. The lowest BCUT2D eigenvalue weighted by atomic mass is 10.2. The van der Waals surface area contributed by atoms with E-state index in [1.165, 1.54) is 18.4 Å². The fourth-order valence-corrected chi connectivity index (χ4v) is 3.51. The highest BCUT2D eigenvalue weighted by Crippen LogP contribution is 2.29. The van der Waals surface area contributed by atoms with Crippen molar-refractivity contribution in [3.8, 4) is 5.75 Å². The summed E-state index contributed by atoms with van der Waals surface area (Å²) in [5, 5.41) is 5.31. The van der Waals surface area contributed by atoms with Gasteiger partial charge in [-0.15, -0.1) is 11.3 Å². The zero-order chi connectivity index (χ0) is 22.8. The summed E-state index contributed by atoms with van der Waals surface area (Å²) in [5.41, 5.74) is 0.527. The number of para-hydroxylation sites is 1. The third-order valence-corrected chi connectivity index (χ3v) is 5.18. The lowest BCUT2D eigenvalue weighted by Gasteiger charge is -2.09. The molecule has 0 spiro atoms. The predicted octanol–water partition coefficient (Wildman–Crippen LogP) is 2.41. The molecule has 0 radical (unpaired) electrons. The molecule has 0 saturated carbocycles. The molecular formula is C21H24N2O7S. The maximum atomic E-state index is 12.2. The topological polar surface area (TPSA) is 120 Å². The Morgan fingerprint density at radius 2 is 1.77 bits per heavy atom. The van der Waals surface area contributed by atoms with Gasteiger partial charge >= 0.3 is 11.9 Å². The highest BCUT2D eigenvalue weighted by molar-refractivity contribution is 7.16. The van der Waals surface area contributed by atoms with E-state index in [2.05, 4.69) is 10.6 Å². The first-order valence-corrected chi connectivity index (χ1v) is 10.4. The average Bonchev–Trinajstić information content (AvgIpc) is 3.19. The van der Waals surface area contributed by atoms with Crippen molar-refractivity contribution in [3.05, 3.63) is 46.3 Å². The highest BCUT2D eigenvalue weighted by Gasteiger charge is 2.19. The molecule has 1 heterocycles. The lowest BCUT2D eigenvalue weighted by Crippen LogP contribution is -2.32. The first kappa shape index (κ1) is 23.9. The molecule has 166 valence electrons. The Morgan fingerprint density at radius 1 is 1.03 bits per heavy atom. The Balaban J connectivity index is 1.86. The first-order chi connectivity index (χ1) is 14.9. The molecule has 0 bridgehead atoms. The molecule has 9 nitrogen and oxygen atoms in total. The van der Waals surface area contributed by atoms with Gasteiger partial charge in [0.05, 0.1) is 24.8 Å². The number of carbonyl (C=O) groups excluding carboxylic acids is 4. The summed E-state index contributed by atoms with van der Waals surface area (Å²) >= 11 is 1.25. The molecule has 0 aliphatic rings. The van der Waals surface area contributed by atoms with E-state index in [-0.39, 0.29) is 17.7 Å². The number of thiophene rings is 1. The normalized spacial score (nSPS) is 10.2. The highest BCUT2D eigenvalue weighted by atomic mass is 32.1. The molecule has 1 aromatic heterocycles. The fourth-order valence-electron chi connectivity index (χ4n) is 2.51. The Hall–Kier alpha value is -3.40. The molecule has 1 aromatic carbocycles. The minimum Gasteiger partial charge on any atom is -0.496 e. The molecule has 2 rings (SSSR count). The van der Waals surface area contributed by atoms with Gasteiger partial charge in [0.1, 0.15) is 17.3 Å². The molecule has 0 atom stereocenters. The minimum atomic E-state index is -0.788. The van der Waals surface area contributed by atoms with E-state index in [0.717, 1.165) is 4.88 Å². The second kappa shape index (κ2) is 11.7. The zero-order valence-electron chi connectivity index (χ0n) is 17.5. The summed E-state index contributed by atoms with van der Waals surface area (Å²) in [6.45, 7) is 2.84. The largest absolute Gasteiger partial charge is 0.496 e. The van der Waals surface area contributed by atoms with Crippen molar-refractivity contribution in [1.29, 1.82) is 0 Å². The van der Waals surface area contributed by atoms with E-state index in [4.69, 9.17) is 14.2 Å². The summed E-state index contributed by atoms with van der Waals surface area (Å²) in [6, 6.07) is 8.22. The molecule has 2 amide bonds. The van der Waals surface area contributed by atoms with Crippen molar-refractivity contribution in [2.45, 2.75) is 20.3 Å². The zero-order valence-corrected chi connectivity index (χ0v) is 18.3. The van der Waals surface area contributed by atoms with E-state index in [1.54, 1.807) is 37.3 Å². The third kappa shape index (κ3) is 6.82. The van der Waals surface area contributed by atoms with Crippen LogP contribution in [0.2, 0.25) is 0 Å². The maximum Gasteiger partial charge on any atom is 0.341 e. The molecule has 2 N–H and O–H groups in total. The van der Waals surface area contributed by atoms with Gasteiger partial charge in [-0.3, -0.25) is 14.4 Å². The van der Waals surface area contributed by atoms with Crippen molar-refractivity contribution in [2.24, 2.45) is 0 Å². The number of ether oxygens (including phenoxy) is 3. The van der Waals surface area contributed by atoms with Crippen molar-refractivity contribution in [3.63, 3.8) is 0 Å². The van der Waals surface area contributed by atoms with Gasteiger partial charge in [0, 0.05) is 4.88 Å². The van der Waals surface area contributed by atoms with Crippen molar-refractivity contribution in [1.82, 2.24) is 5.32 Å². The Kier molecular flexibility index (Phi) is 9.01. The number of hydrogen-bond acceptors (Lipinski definition) is 8. The van der Waals surface area contributed by atoms with Crippen molar-refractivity contribution in [2.75, 3.05) is 32.2 Å². The molecule has 2 aromatic rings. The number of esters is 2. The molecular weight excluding hydrogens is 424 g/mol. The van der Waals surface area contributed by atoms with E-state index >= 15 is 0 Å². The monoisotopic (exact) mass is 448 g/mol. The van der Waals surface area contributed by atoms with E-state index in [1.807, 2.05) is 6.92 Å². The quantitative estimate of drug-likeness (QED) is 0.536. The predicted molar refractivity (Wildman–Crippen MR) is 115 cm³/mol. The molecule has 10 heteroatoms. The van der Waals surface area contributed by atoms with Crippen LogP contribution in [0, 0.1) is 0 Å². The van der Waals surface area contributed by atoms with Crippen LogP contribution in [0.3, 0.4) is 0 Å². The summed E-state index contributed by atoms with van der Waals surface area (Å²) in [5.74, 6) is -2.08. The SMILES string of the molecule is CCOC(=O)c1cc(CC)sc1NC(=O)COC(=O)CNC(=O)c1ccccc1OC. The molecule has 31 heavy (non-hydrogen) atoms. The second-order valence-electron chi connectivity index (χ2n) is 6.12. The Bertz CT molecular complexity index is 955. The summed E-state index contributed by atoms with van der Waals surface area (Å²) in [6.07, 6.45) is 0.688.